The number of rotatable bonds is 10. The standard InChI is InChI=1S/C11H10ClF3N2OS.2C10H8ClF3N2OS/c1-17-10-8(12)6(18-4-7(14)15)3-5(13)9(10)16-11(17)19-2;1-16-9-7(11)5(17-3-6(13)14)2-4(12)8(9)15-10(16)18;1-16-9-7(11)4(12)2-5(17-3-6(13)14)8(9)15-10(16)18/h3,7H,4H2,1-2H3;2*2,6H,3H2,1H3,(H,15,18). The molecule has 0 unspecified atom stereocenters. The molecule has 9 nitrogen and oxygen atoms in total. The molecule has 0 bridgehead atoms. The van der Waals surface area contributed by atoms with E-state index in [1.54, 1.807) is 32.0 Å². The number of ether oxygens (including phenoxy) is 3. The van der Waals surface area contributed by atoms with Crippen molar-refractivity contribution in [3.05, 3.63) is 60.3 Å². The highest BCUT2D eigenvalue weighted by Gasteiger charge is 2.21. The van der Waals surface area contributed by atoms with Gasteiger partial charge in [-0.3, -0.25) is 0 Å². The van der Waals surface area contributed by atoms with Crippen LogP contribution < -0.4 is 14.2 Å². The van der Waals surface area contributed by atoms with Crippen molar-refractivity contribution < 1.29 is 53.7 Å². The van der Waals surface area contributed by atoms with Crippen LogP contribution in [0.15, 0.2) is 23.4 Å². The first kappa shape index (κ1) is 44.2. The average Bonchev–Trinajstić information content (AvgIpc) is 3.74. The summed E-state index contributed by atoms with van der Waals surface area (Å²) in [7, 11) is 4.84. The molecule has 0 aliphatic carbocycles. The van der Waals surface area contributed by atoms with Crippen molar-refractivity contribution in [2.45, 2.75) is 24.4 Å². The van der Waals surface area contributed by atoms with Crippen molar-refractivity contribution in [3.63, 3.8) is 0 Å². The number of thioether (sulfide) groups is 1. The molecule has 0 aliphatic rings. The highest BCUT2D eigenvalue weighted by atomic mass is 35.5. The molecule has 0 spiro atoms. The van der Waals surface area contributed by atoms with Crippen LogP contribution in [0.1, 0.15) is 0 Å². The molecule has 0 radical (unpaired) electrons. The van der Waals surface area contributed by atoms with E-state index in [0.717, 1.165) is 18.2 Å². The SMILES string of the molecule is CSc1nc2c(F)cc(OCC(F)F)c(Cl)c2n1C.Cn1c(=S)[nH]c2c(F)cc(OCC(F)F)c(Cl)c21.Cn1c(=S)[nH]c2c(OCC(F)F)cc(F)c(Cl)c21. The number of H-pyrrole nitrogens is 2. The van der Waals surface area contributed by atoms with Crippen LogP contribution in [0, 0.1) is 27.0 Å². The van der Waals surface area contributed by atoms with Crippen LogP contribution in [0.5, 0.6) is 17.2 Å². The minimum absolute atomic E-state index is 0.0427. The van der Waals surface area contributed by atoms with Gasteiger partial charge >= 0.3 is 0 Å². The second-order valence-electron chi connectivity index (χ2n) is 10.9. The zero-order valence-corrected chi connectivity index (χ0v) is 33.1. The summed E-state index contributed by atoms with van der Waals surface area (Å²) >= 11 is 29.1. The first-order chi connectivity index (χ1) is 25.8. The van der Waals surface area contributed by atoms with Crippen molar-refractivity contribution in [2.24, 2.45) is 21.1 Å². The maximum Gasteiger partial charge on any atom is 0.272 e. The van der Waals surface area contributed by atoms with Gasteiger partial charge in [0.05, 0.1) is 16.6 Å². The quantitative estimate of drug-likeness (QED) is 0.0804. The molecule has 0 atom stereocenters. The molecule has 3 aromatic heterocycles. The van der Waals surface area contributed by atoms with Crippen molar-refractivity contribution in [2.75, 3.05) is 26.1 Å². The number of hydrogen-bond acceptors (Lipinski definition) is 7. The Hall–Kier alpha value is -3.50. The summed E-state index contributed by atoms with van der Waals surface area (Å²) in [6.45, 7) is -2.51. The molecular formula is C31H26Cl3F9N6O3S3. The fourth-order valence-corrected chi connectivity index (χ4v) is 6.72. The molecule has 0 fully saturated rings. The minimum Gasteiger partial charge on any atom is -0.486 e. The molecule has 300 valence electrons. The third kappa shape index (κ3) is 9.91. The van der Waals surface area contributed by atoms with Gasteiger partial charge in [-0.1, -0.05) is 46.6 Å². The number of nitrogens with zero attached hydrogens (tertiary/aromatic N) is 4. The average molecular weight is 904 g/mol. The summed E-state index contributed by atoms with van der Waals surface area (Å²) < 4.78 is 133. The van der Waals surface area contributed by atoms with Crippen LogP contribution in [-0.4, -0.2) is 74.0 Å². The molecule has 6 aromatic rings. The number of imidazole rings is 3. The number of aryl methyl sites for hydroxylation is 3. The summed E-state index contributed by atoms with van der Waals surface area (Å²) in [6.07, 6.45) is -6.16. The summed E-state index contributed by atoms with van der Waals surface area (Å²) in [5.41, 5.74) is 1.42. The predicted molar refractivity (Wildman–Crippen MR) is 198 cm³/mol. The van der Waals surface area contributed by atoms with E-state index in [1.165, 1.54) is 20.9 Å². The zero-order chi connectivity index (χ0) is 41.0. The number of alkyl halides is 6. The molecule has 2 N–H and O–H groups in total. The summed E-state index contributed by atoms with van der Waals surface area (Å²) in [4.78, 5) is 9.48. The third-order valence-electron chi connectivity index (χ3n) is 7.30. The number of benzene rings is 3. The van der Waals surface area contributed by atoms with Crippen LogP contribution >= 0.6 is 71.0 Å². The van der Waals surface area contributed by atoms with E-state index in [-0.39, 0.29) is 59.2 Å². The fourth-order valence-electron chi connectivity index (χ4n) is 4.86. The van der Waals surface area contributed by atoms with Gasteiger partial charge in [-0.2, -0.15) is 0 Å². The van der Waals surface area contributed by atoms with Crippen molar-refractivity contribution >= 4 is 104 Å². The molecule has 55 heavy (non-hydrogen) atoms. The summed E-state index contributed by atoms with van der Waals surface area (Å²) in [6, 6.07) is 2.89. The number of fused-ring (bicyclic) bond motifs is 3. The van der Waals surface area contributed by atoms with E-state index in [0.29, 0.717) is 21.0 Å². The molecule has 24 heteroatoms. The van der Waals surface area contributed by atoms with E-state index in [9.17, 15) is 39.5 Å². The maximum absolute atomic E-state index is 13.9. The van der Waals surface area contributed by atoms with Crippen molar-refractivity contribution in [1.29, 1.82) is 0 Å². The van der Waals surface area contributed by atoms with Gasteiger partial charge in [0.15, 0.2) is 26.3 Å². The molecule has 0 saturated heterocycles. The molecule has 0 aliphatic heterocycles. The Morgan fingerprint density at radius 1 is 0.636 bits per heavy atom. The Morgan fingerprint density at radius 2 is 1.05 bits per heavy atom. The molecule has 3 aromatic carbocycles. The van der Waals surface area contributed by atoms with E-state index in [1.807, 2.05) is 0 Å². The normalized spacial score (nSPS) is 11.5. The van der Waals surface area contributed by atoms with Gasteiger partial charge in [-0.05, 0) is 30.7 Å². The fraction of sp³-hybridized carbons (Fsp3) is 0.323. The predicted octanol–water partition coefficient (Wildman–Crippen LogP) is 11.1. The van der Waals surface area contributed by atoms with Gasteiger partial charge in [-0.15, -0.1) is 0 Å². The molecule has 0 saturated carbocycles. The van der Waals surface area contributed by atoms with E-state index in [2.05, 4.69) is 15.0 Å². The monoisotopic (exact) mass is 902 g/mol. The maximum atomic E-state index is 13.9. The van der Waals surface area contributed by atoms with Crippen LogP contribution in [0.2, 0.25) is 15.1 Å². The molecule has 3 heterocycles. The lowest BCUT2D eigenvalue weighted by Crippen LogP contribution is -2.07. The Labute approximate surface area is 334 Å². The topological polar surface area (TPSA) is 87.0 Å². The number of nitrogens with one attached hydrogen (secondary N) is 2. The Balaban J connectivity index is 0.000000184. The lowest BCUT2D eigenvalue weighted by molar-refractivity contribution is 0.0816. The summed E-state index contributed by atoms with van der Waals surface area (Å²) in [5.74, 6) is -2.35. The van der Waals surface area contributed by atoms with Gasteiger partial charge in [-0.25, -0.2) is 44.5 Å². The van der Waals surface area contributed by atoms with Gasteiger partial charge in [0.2, 0.25) is 0 Å². The second-order valence-corrected chi connectivity index (χ2v) is 13.6. The lowest BCUT2D eigenvalue weighted by atomic mass is 10.2. The Morgan fingerprint density at radius 3 is 1.55 bits per heavy atom. The largest absolute Gasteiger partial charge is 0.486 e. The van der Waals surface area contributed by atoms with Gasteiger partial charge in [0.25, 0.3) is 19.3 Å². The van der Waals surface area contributed by atoms with Crippen molar-refractivity contribution in [3.8, 4) is 17.2 Å². The number of halogens is 12. The number of aromatic nitrogens is 6. The molecule has 6 rings (SSSR count). The first-order valence-electron chi connectivity index (χ1n) is 15.0. The Bertz CT molecular complexity index is 2450. The highest BCUT2D eigenvalue weighted by molar-refractivity contribution is 7.98. The lowest BCUT2D eigenvalue weighted by Gasteiger charge is -2.09. The van der Waals surface area contributed by atoms with Gasteiger partial charge in [0.1, 0.15) is 74.5 Å². The molecular weight excluding hydrogens is 878 g/mol. The van der Waals surface area contributed by atoms with Crippen LogP contribution in [0.3, 0.4) is 0 Å². The first-order valence-corrected chi connectivity index (χ1v) is 18.2. The van der Waals surface area contributed by atoms with Crippen molar-refractivity contribution in [1.82, 2.24) is 28.7 Å². The van der Waals surface area contributed by atoms with Gasteiger partial charge < -0.3 is 37.9 Å². The number of hydrogen-bond donors (Lipinski definition) is 2. The van der Waals surface area contributed by atoms with E-state index in [4.69, 9.17) is 73.4 Å². The molecule has 0 amide bonds. The minimum atomic E-state index is -2.66. The highest BCUT2D eigenvalue weighted by Crippen LogP contribution is 2.37. The number of aromatic amines is 2. The second kappa shape index (κ2) is 18.6. The Kier molecular flexibility index (Phi) is 15.0. The third-order valence-corrected chi connectivity index (χ3v) is 9.87. The zero-order valence-electron chi connectivity index (χ0n) is 28.4. The van der Waals surface area contributed by atoms with E-state index < -0.39 is 56.5 Å². The van der Waals surface area contributed by atoms with Crippen LogP contribution in [0.25, 0.3) is 33.1 Å². The van der Waals surface area contributed by atoms with Crippen LogP contribution in [0.4, 0.5) is 39.5 Å². The summed E-state index contributed by atoms with van der Waals surface area (Å²) in [5, 5.41) is 0.556. The smallest absolute Gasteiger partial charge is 0.272 e. The van der Waals surface area contributed by atoms with Crippen LogP contribution in [-0.2, 0) is 21.1 Å². The van der Waals surface area contributed by atoms with Gasteiger partial charge in [0, 0.05) is 39.3 Å². The van der Waals surface area contributed by atoms with E-state index >= 15 is 0 Å².